The van der Waals surface area contributed by atoms with Gasteiger partial charge in [-0.15, -0.1) is 0 Å². The fourth-order valence-electron chi connectivity index (χ4n) is 3.91. The lowest BCUT2D eigenvalue weighted by Gasteiger charge is -2.32. The van der Waals surface area contributed by atoms with E-state index in [-0.39, 0.29) is 29.2 Å². The minimum absolute atomic E-state index is 0.0616. The Labute approximate surface area is 182 Å². The van der Waals surface area contributed by atoms with Crippen LogP contribution in [0.25, 0.3) is 0 Å². The van der Waals surface area contributed by atoms with Crippen LogP contribution in [-0.2, 0) is 29.0 Å². The molecule has 4 rings (SSSR count). The van der Waals surface area contributed by atoms with E-state index in [4.69, 9.17) is 9.84 Å². The minimum Gasteiger partial charge on any atom is -0.495 e. The van der Waals surface area contributed by atoms with Crippen LogP contribution in [0.15, 0.2) is 36.4 Å². The number of methoxy groups -OCH3 is 1. The highest BCUT2D eigenvalue weighted by molar-refractivity contribution is 8.15. The van der Waals surface area contributed by atoms with Gasteiger partial charge in [-0.3, -0.25) is 19.7 Å². The molecule has 0 bridgehead atoms. The zero-order valence-electron chi connectivity index (χ0n) is 16.7. The van der Waals surface area contributed by atoms with Crippen LogP contribution in [0.2, 0.25) is 0 Å². The van der Waals surface area contributed by atoms with Crippen LogP contribution in [0.1, 0.15) is 33.5 Å². The maximum atomic E-state index is 12.8. The molecule has 2 aromatic rings. The van der Waals surface area contributed by atoms with Gasteiger partial charge < -0.3 is 14.7 Å². The normalized spacial score (nSPS) is 18.0. The van der Waals surface area contributed by atoms with Crippen molar-refractivity contribution in [3.05, 3.63) is 58.7 Å². The first-order chi connectivity index (χ1) is 14.9. The van der Waals surface area contributed by atoms with Crippen molar-refractivity contribution in [1.29, 1.82) is 0 Å². The number of imide groups is 1. The van der Waals surface area contributed by atoms with Crippen molar-refractivity contribution >= 4 is 40.5 Å². The lowest BCUT2D eigenvalue weighted by molar-refractivity contribution is -0.119. The summed E-state index contributed by atoms with van der Waals surface area (Å²) >= 11 is 0.977. The fraction of sp³-hybridized carbons (Fsp3) is 0.273. The van der Waals surface area contributed by atoms with E-state index < -0.39 is 11.2 Å². The van der Waals surface area contributed by atoms with Gasteiger partial charge in [0.15, 0.2) is 0 Å². The second kappa shape index (κ2) is 8.43. The van der Waals surface area contributed by atoms with E-state index in [9.17, 15) is 19.2 Å². The van der Waals surface area contributed by atoms with Gasteiger partial charge in [0.25, 0.3) is 5.24 Å². The molecule has 0 radical (unpaired) electrons. The molecular formula is C22H20N2O6S. The Balaban J connectivity index is 1.68. The predicted octanol–water partition coefficient (Wildman–Crippen LogP) is 2.77. The molecule has 3 amide bonds. The Morgan fingerprint density at radius 2 is 1.90 bits per heavy atom. The number of carbonyl (C=O) groups excluding carboxylic acids is 3. The SMILES string of the molecule is COc1ccc(CC2SC(=O)NC2=O)c2c1N(Cc1ccc(C(=O)O)cc1)C(=O)CC2. The van der Waals surface area contributed by atoms with Crippen molar-refractivity contribution in [2.75, 3.05) is 12.0 Å². The Kier molecular flexibility index (Phi) is 5.69. The van der Waals surface area contributed by atoms with E-state index >= 15 is 0 Å². The summed E-state index contributed by atoms with van der Waals surface area (Å²) < 4.78 is 5.53. The third-order valence-electron chi connectivity index (χ3n) is 5.44. The zero-order chi connectivity index (χ0) is 22.1. The monoisotopic (exact) mass is 440 g/mol. The number of thioether (sulfide) groups is 1. The Morgan fingerprint density at radius 1 is 1.16 bits per heavy atom. The van der Waals surface area contributed by atoms with E-state index in [1.165, 1.54) is 19.2 Å². The van der Waals surface area contributed by atoms with Crippen LogP contribution in [-0.4, -0.2) is 40.5 Å². The molecule has 2 aliphatic rings. The summed E-state index contributed by atoms with van der Waals surface area (Å²) in [6.07, 6.45) is 1.20. The number of nitrogens with one attached hydrogen (secondary N) is 1. The number of amides is 3. The van der Waals surface area contributed by atoms with Gasteiger partial charge in [-0.05, 0) is 47.7 Å². The van der Waals surface area contributed by atoms with Gasteiger partial charge >= 0.3 is 5.97 Å². The number of benzene rings is 2. The Hall–Kier alpha value is -3.33. The van der Waals surface area contributed by atoms with E-state index in [2.05, 4.69) is 5.32 Å². The molecule has 31 heavy (non-hydrogen) atoms. The molecule has 1 unspecified atom stereocenters. The summed E-state index contributed by atoms with van der Waals surface area (Å²) in [6.45, 7) is 0.267. The first kappa shape index (κ1) is 20.9. The molecule has 8 nitrogen and oxygen atoms in total. The summed E-state index contributed by atoms with van der Waals surface area (Å²) in [4.78, 5) is 49.1. The molecule has 2 aromatic carbocycles. The van der Waals surface area contributed by atoms with Crippen molar-refractivity contribution in [2.45, 2.75) is 31.1 Å². The molecule has 160 valence electrons. The number of ether oxygens (including phenoxy) is 1. The van der Waals surface area contributed by atoms with Gasteiger partial charge in [0, 0.05) is 6.42 Å². The van der Waals surface area contributed by atoms with Gasteiger partial charge in [0.05, 0.1) is 30.2 Å². The lowest BCUT2D eigenvalue weighted by atomic mass is 9.92. The predicted molar refractivity (Wildman–Crippen MR) is 115 cm³/mol. The highest BCUT2D eigenvalue weighted by Crippen LogP contribution is 2.41. The molecule has 0 aliphatic carbocycles. The van der Waals surface area contributed by atoms with Crippen molar-refractivity contribution < 1.29 is 29.0 Å². The van der Waals surface area contributed by atoms with E-state index in [0.717, 1.165) is 28.5 Å². The van der Waals surface area contributed by atoms with Crippen LogP contribution in [0.3, 0.4) is 0 Å². The molecule has 0 aromatic heterocycles. The van der Waals surface area contributed by atoms with Crippen molar-refractivity contribution in [2.24, 2.45) is 0 Å². The number of aromatic carboxylic acids is 1. The second-order valence-electron chi connectivity index (χ2n) is 7.32. The smallest absolute Gasteiger partial charge is 0.335 e. The van der Waals surface area contributed by atoms with E-state index in [0.29, 0.717) is 30.7 Å². The molecule has 1 atom stereocenters. The number of carbonyl (C=O) groups is 4. The second-order valence-corrected chi connectivity index (χ2v) is 8.50. The average molecular weight is 440 g/mol. The van der Waals surface area contributed by atoms with E-state index in [1.54, 1.807) is 23.1 Å². The molecule has 2 heterocycles. The van der Waals surface area contributed by atoms with E-state index in [1.807, 2.05) is 6.07 Å². The highest BCUT2D eigenvalue weighted by Gasteiger charge is 2.34. The van der Waals surface area contributed by atoms with Crippen molar-refractivity contribution in [3.63, 3.8) is 0 Å². The van der Waals surface area contributed by atoms with Gasteiger partial charge in [0.2, 0.25) is 11.8 Å². The van der Waals surface area contributed by atoms with Crippen LogP contribution >= 0.6 is 11.8 Å². The number of carboxylic acid groups (broad SMARTS) is 1. The van der Waals surface area contributed by atoms with Crippen molar-refractivity contribution in [3.8, 4) is 5.75 Å². The molecule has 1 saturated heterocycles. The Bertz CT molecular complexity index is 1080. The maximum Gasteiger partial charge on any atom is 0.335 e. The number of hydrogen-bond acceptors (Lipinski definition) is 6. The summed E-state index contributed by atoms with van der Waals surface area (Å²) in [5, 5.41) is 10.5. The maximum absolute atomic E-state index is 12.8. The molecule has 0 spiro atoms. The summed E-state index contributed by atoms with van der Waals surface area (Å²) in [6, 6.07) is 10.0. The minimum atomic E-state index is -1.01. The first-order valence-electron chi connectivity index (χ1n) is 9.70. The van der Waals surface area contributed by atoms with Gasteiger partial charge in [0.1, 0.15) is 5.75 Å². The first-order valence-corrected chi connectivity index (χ1v) is 10.6. The summed E-state index contributed by atoms with van der Waals surface area (Å²) in [5.41, 5.74) is 3.45. The van der Waals surface area contributed by atoms with Gasteiger partial charge in [-0.1, -0.05) is 30.0 Å². The molecule has 0 saturated carbocycles. The van der Waals surface area contributed by atoms with Gasteiger partial charge in [-0.25, -0.2) is 4.79 Å². The zero-order valence-corrected chi connectivity index (χ0v) is 17.5. The molecule has 1 fully saturated rings. The average Bonchev–Trinajstić information content (AvgIpc) is 3.07. The van der Waals surface area contributed by atoms with Crippen LogP contribution in [0.5, 0.6) is 5.75 Å². The number of nitrogens with zero attached hydrogens (tertiary/aromatic N) is 1. The summed E-state index contributed by atoms with van der Waals surface area (Å²) in [7, 11) is 1.53. The molecule has 9 heteroatoms. The van der Waals surface area contributed by atoms with Crippen LogP contribution in [0.4, 0.5) is 10.5 Å². The quantitative estimate of drug-likeness (QED) is 0.710. The van der Waals surface area contributed by atoms with Crippen molar-refractivity contribution in [1.82, 2.24) is 5.32 Å². The number of fused-ring (bicyclic) bond motifs is 1. The topological polar surface area (TPSA) is 113 Å². The Morgan fingerprint density at radius 3 is 2.52 bits per heavy atom. The van der Waals surface area contributed by atoms with Crippen LogP contribution in [0, 0.1) is 0 Å². The standard InChI is InChI=1S/C22H20N2O6S/c1-30-16-8-6-14(10-17-20(26)23-22(29)31-17)15-7-9-18(25)24(19(15)16)11-12-2-4-13(5-3-12)21(27)28/h2-6,8,17H,7,9-11H2,1H3,(H,27,28)(H,23,26,29). The number of rotatable bonds is 6. The largest absolute Gasteiger partial charge is 0.495 e. The van der Waals surface area contributed by atoms with Crippen LogP contribution < -0.4 is 15.0 Å². The fourth-order valence-corrected chi connectivity index (χ4v) is 4.76. The molecule has 2 N–H and O–H groups in total. The number of carboxylic acids is 1. The molecule has 2 aliphatic heterocycles. The number of anilines is 1. The third-order valence-corrected chi connectivity index (χ3v) is 6.42. The lowest BCUT2D eigenvalue weighted by Crippen LogP contribution is -2.35. The highest BCUT2D eigenvalue weighted by atomic mass is 32.2. The third kappa shape index (κ3) is 4.13. The summed E-state index contributed by atoms with van der Waals surface area (Å²) in [5.74, 6) is -0.826. The molecular weight excluding hydrogens is 420 g/mol. The van der Waals surface area contributed by atoms with Gasteiger partial charge in [-0.2, -0.15) is 0 Å². The number of hydrogen-bond donors (Lipinski definition) is 2.